The minimum atomic E-state index is 0.191. The molecule has 0 atom stereocenters. The van der Waals surface area contributed by atoms with Crippen LogP contribution in [0.25, 0.3) is 0 Å². The topological polar surface area (TPSA) is 67.5 Å². The van der Waals surface area contributed by atoms with Crippen LogP contribution in [0.3, 0.4) is 0 Å². The average molecular weight is 237 g/mol. The molecule has 2 aliphatic carbocycles. The second kappa shape index (κ2) is 6.03. The lowest BCUT2D eigenvalue weighted by Crippen LogP contribution is -2.30. The molecular formula is C13H23N3O. The first-order valence-corrected chi connectivity index (χ1v) is 6.85. The number of nitrogens with zero attached hydrogens (tertiary/aromatic N) is 1. The Labute approximate surface area is 103 Å². The van der Waals surface area contributed by atoms with Crippen LogP contribution in [0.5, 0.6) is 0 Å². The van der Waals surface area contributed by atoms with Crippen LogP contribution in [-0.4, -0.2) is 24.8 Å². The minimum Gasteiger partial charge on any atom is -0.387 e. The van der Waals surface area contributed by atoms with Gasteiger partial charge in [-0.05, 0) is 25.7 Å². The molecule has 0 heterocycles. The number of nitrogens with two attached hydrogens (primary N) is 1. The molecule has 2 rings (SSSR count). The van der Waals surface area contributed by atoms with E-state index in [-0.39, 0.29) is 11.8 Å². The normalized spacial score (nSPS) is 22.5. The first-order valence-electron chi connectivity index (χ1n) is 6.85. The molecule has 0 saturated heterocycles. The number of amidine groups is 1. The molecular weight excluding hydrogens is 214 g/mol. The van der Waals surface area contributed by atoms with E-state index in [0.717, 1.165) is 18.7 Å². The van der Waals surface area contributed by atoms with E-state index in [1.807, 2.05) is 0 Å². The minimum absolute atomic E-state index is 0.191. The lowest BCUT2D eigenvalue weighted by atomic mass is 9.88. The second-order valence-corrected chi connectivity index (χ2v) is 5.21. The van der Waals surface area contributed by atoms with E-state index in [1.54, 1.807) is 0 Å². The summed E-state index contributed by atoms with van der Waals surface area (Å²) in [5, 5.41) is 2.90. The third-order valence-electron chi connectivity index (χ3n) is 3.68. The molecule has 1 amide bonds. The summed E-state index contributed by atoms with van der Waals surface area (Å²) in [5.74, 6) is 1.76. The molecule has 0 aromatic carbocycles. The molecule has 3 N–H and O–H groups in total. The van der Waals surface area contributed by atoms with Crippen LogP contribution in [0, 0.1) is 11.8 Å². The molecule has 0 aliphatic heterocycles. The first kappa shape index (κ1) is 12.4. The van der Waals surface area contributed by atoms with E-state index in [1.165, 1.54) is 32.1 Å². The molecule has 0 radical (unpaired) electrons. The molecule has 2 fully saturated rings. The second-order valence-electron chi connectivity index (χ2n) is 5.21. The van der Waals surface area contributed by atoms with E-state index >= 15 is 0 Å². The smallest absolute Gasteiger partial charge is 0.223 e. The summed E-state index contributed by atoms with van der Waals surface area (Å²) < 4.78 is 0. The van der Waals surface area contributed by atoms with E-state index < -0.39 is 0 Å². The van der Waals surface area contributed by atoms with Gasteiger partial charge in [0.1, 0.15) is 0 Å². The van der Waals surface area contributed by atoms with Gasteiger partial charge in [-0.1, -0.05) is 19.3 Å². The predicted octanol–water partition coefficient (Wildman–Crippen LogP) is 1.45. The number of aliphatic imine (C=N–C) groups is 1. The van der Waals surface area contributed by atoms with Gasteiger partial charge in [0.05, 0.1) is 12.4 Å². The number of hydrogen-bond acceptors (Lipinski definition) is 2. The largest absolute Gasteiger partial charge is 0.387 e. The van der Waals surface area contributed by atoms with Crippen molar-refractivity contribution in [1.29, 1.82) is 0 Å². The standard InChI is InChI=1S/C13H23N3O/c14-12(10-4-2-1-3-5-10)15-8-9-16-13(17)11-6-7-11/h10-11H,1-9H2,(H2,14,15)(H,16,17). The maximum Gasteiger partial charge on any atom is 0.223 e. The first-order chi connectivity index (χ1) is 8.27. The van der Waals surface area contributed by atoms with Crippen LogP contribution in [0.1, 0.15) is 44.9 Å². The zero-order valence-corrected chi connectivity index (χ0v) is 10.5. The third-order valence-corrected chi connectivity index (χ3v) is 3.68. The summed E-state index contributed by atoms with van der Waals surface area (Å²) in [7, 11) is 0. The number of carbonyl (C=O) groups excluding carboxylic acids is 1. The number of nitrogens with one attached hydrogen (secondary N) is 1. The van der Waals surface area contributed by atoms with Crippen molar-refractivity contribution in [2.45, 2.75) is 44.9 Å². The van der Waals surface area contributed by atoms with Crippen molar-refractivity contribution in [2.75, 3.05) is 13.1 Å². The predicted molar refractivity (Wildman–Crippen MR) is 68.8 cm³/mol. The van der Waals surface area contributed by atoms with Gasteiger partial charge in [0.2, 0.25) is 5.91 Å². The quantitative estimate of drug-likeness (QED) is 0.432. The zero-order chi connectivity index (χ0) is 12.1. The van der Waals surface area contributed by atoms with Gasteiger partial charge in [-0.25, -0.2) is 0 Å². The Bertz CT molecular complexity index is 291. The Morgan fingerprint density at radius 2 is 1.82 bits per heavy atom. The number of rotatable bonds is 5. The lowest BCUT2D eigenvalue weighted by molar-refractivity contribution is -0.122. The highest BCUT2D eigenvalue weighted by atomic mass is 16.2. The average Bonchev–Trinajstić information content (AvgIpc) is 3.19. The van der Waals surface area contributed by atoms with Crippen molar-refractivity contribution < 1.29 is 4.79 Å². The molecule has 4 heteroatoms. The van der Waals surface area contributed by atoms with Crippen molar-refractivity contribution in [3.8, 4) is 0 Å². The van der Waals surface area contributed by atoms with Gasteiger partial charge >= 0.3 is 0 Å². The van der Waals surface area contributed by atoms with Crippen molar-refractivity contribution in [1.82, 2.24) is 5.32 Å². The number of amides is 1. The summed E-state index contributed by atoms with van der Waals surface area (Å²) in [6.45, 7) is 1.25. The molecule has 0 spiro atoms. The Hall–Kier alpha value is -1.06. The molecule has 0 aromatic rings. The summed E-state index contributed by atoms with van der Waals surface area (Å²) in [4.78, 5) is 15.7. The van der Waals surface area contributed by atoms with E-state index in [9.17, 15) is 4.79 Å². The van der Waals surface area contributed by atoms with Gasteiger partial charge in [0, 0.05) is 18.4 Å². The molecule has 0 bridgehead atoms. The maximum absolute atomic E-state index is 11.4. The van der Waals surface area contributed by atoms with Crippen LogP contribution in [0.15, 0.2) is 4.99 Å². The van der Waals surface area contributed by atoms with Crippen LogP contribution in [0.2, 0.25) is 0 Å². The monoisotopic (exact) mass is 237 g/mol. The van der Waals surface area contributed by atoms with Gasteiger partial charge in [0.15, 0.2) is 0 Å². The molecule has 2 aliphatic rings. The van der Waals surface area contributed by atoms with Gasteiger partial charge in [-0.2, -0.15) is 0 Å². The van der Waals surface area contributed by atoms with Crippen molar-refractivity contribution in [3.63, 3.8) is 0 Å². The van der Waals surface area contributed by atoms with Gasteiger partial charge in [-0.3, -0.25) is 9.79 Å². The van der Waals surface area contributed by atoms with Gasteiger partial charge in [0.25, 0.3) is 0 Å². The van der Waals surface area contributed by atoms with Gasteiger partial charge < -0.3 is 11.1 Å². The summed E-state index contributed by atoms with van der Waals surface area (Å²) in [5.41, 5.74) is 5.97. The Morgan fingerprint density at radius 1 is 1.12 bits per heavy atom. The Morgan fingerprint density at radius 3 is 2.47 bits per heavy atom. The molecule has 4 nitrogen and oxygen atoms in total. The van der Waals surface area contributed by atoms with Gasteiger partial charge in [-0.15, -0.1) is 0 Å². The molecule has 96 valence electrons. The third kappa shape index (κ3) is 4.02. The Balaban J connectivity index is 1.62. The highest BCUT2D eigenvalue weighted by Crippen LogP contribution is 2.28. The highest BCUT2D eigenvalue weighted by Gasteiger charge is 2.28. The molecule has 0 unspecified atom stereocenters. The van der Waals surface area contributed by atoms with Crippen LogP contribution >= 0.6 is 0 Å². The van der Waals surface area contributed by atoms with Crippen molar-refractivity contribution >= 4 is 11.7 Å². The fourth-order valence-electron chi connectivity index (χ4n) is 2.38. The molecule has 2 saturated carbocycles. The fraction of sp³-hybridized carbons (Fsp3) is 0.846. The fourth-order valence-corrected chi connectivity index (χ4v) is 2.38. The number of carbonyl (C=O) groups is 1. The van der Waals surface area contributed by atoms with E-state index in [2.05, 4.69) is 10.3 Å². The molecule has 0 aromatic heterocycles. The summed E-state index contributed by atoms with van der Waals surface area (Å²) in [6.07, 6.45) is 8.37. The molecule has 17 heavy (non-hydrogen) atoms. The van der Waals surface area contributed by atoms with E-state index in [4.69, 9.17) is 5.73 Å². The van der Waals surface area contributed by atoms with Crippen LogP contribution < -0.4 is 11.1 Å². The summed E-state index contributed by atoms with van der Waals surface area (Å²) in [6, 6.07) is 0. The lowest BCUT2D eigenvalue weighted by Gasteiger charge is -2.20. The summed E-state index contributed by atoms with van der Waals surface area (Å²) >= 11 is 0. The van der Waals surface area contributed by atoms with Crippen LogP contribution in [-0.2, 0) is 4.79 Å². The highest BCUT2D eigenvalue weighted by molar-refractivity contribution is 5.83. The van der Waals surface area contributed by atoms with Crippen molar-refractivity contribution in [3.05, 3.63) is 0 Å². The zero-order valence-electron chi connectivity index (χ0n) is 10.5. The Kier molecular flexibility index (Phi) is 4.40. The maximum atomic E-state index is 11.4. The van der Waals surface area contributed by atoms with Crippen LogP contribution in [0.4, 0.5) is 0 Å². The SMILES string of the molecule is NC(=NCCNC(=O)C1CC1)C1CCCCC1. The number of hydrogen-bond donors (Lipinski definition) is 2. The van der Waals surface area contributed by atoms with Crippen molar-refractivity contribution in [2.24, 2.45) is 22.6 Å². The van der Waals surface area contributed by atoms with E-state index in [0.29, 0.717) is 19.0 Å².